The van der Waals surface area contributed by atoms with Gasteiger partial charge in [0.25, 0.3) is 0 Å². The molecule has 2 aromatic rings. The highest BCUT2D eigenvalue weighted by molar-refractivity contribution is 6.30. The maximum absolute atomic E-state index is 5.98. The largest absolute Gasteiger partial charge is 0.488 e. The van der Waals surface area contributed by atoms with Crippen LogP contribution in [-0.4, -0.2) is 11.5 Å². The fraction of sp³-hybridized carbons (Fsp3) is 0.353. The monoisotopic (exact) mass is 304 g/mol. The highest BCUT2D eigenvalue weighted by Gasteiger charge is 2.05. The lowest BCUT2D eigenvalue weighted by Crippen LogP contribution is -2.19. The Kier molecular flexibility index (Phi) is 6.03. The van der Waals surface area contributed by atoms with E-state index in [2.05, 4.69) is 24.1 Å². The van der Waals surface area contributed by atoms with E-state index in [1.54, 1.807) is 6.20 Å². The molecule has 0 fully saturated rings. The van der Waals surface area contributed by atoms with Gasteiger partial charge in [0.15, 0.2) is 0 Å². The van der Waals surface area contributed by atoms with Crippen LogP contribution in [0.15, 0.2) is 42.7 Å². The predicted octanol–water partition coefficient (Wildman–Crippen LogP) is 4.06. The van der Waals surface area contributed by atoms with Crippen LogP contribution in [0, 0.1) is 5.92 Å². The first-order valence-corrected chi connectivity index (χ1v) is 7.54. The van der Waals surface area contributed by atoms with Crippen LogP contribution in [0.2, 0.25) is 5.02 Å². The Balaban J connectivity index is 1.96. The molecule has 2 rings (SSSR count). The average Bonchev–Trinajstić information content (AvgIpc) is 2.46. The molecule has 0 atom stereocenters. The van der Waals surface area contributed by atoms with E-state index in [9.17, 15) is 0 Å². The quantitative estimate of drug-likeness (QED) is 0.837. The molecular weight excluding hydrogens is 284 g/mol. The molecular formula is C17H21ClN2O. The topological polar surface area (TPSA) is 34.2 Å². The maximum Gasteiger partial charge on any atom is 0.127 e. The van der Waals surface area contributed by atoms with Gasteiger partial charge in [-0.3, -0.25) is 4.98 Å². The fourth-order valence-electron chi connectivity index (χ4n) is 1.97. The molecule has 0 aliphatic heterocycles. The first-order valence-electron chi connectivity index (χ1n) is 7.16. The third-order valence-electron chi connectivity index (χ3n) is 3.01. The number of halogens is 1. The number of aromatic nitrogens is 1. The van der Waals surface area contributed by atoms with E-state index in [1.807, 2.05) is 36.5 Å². The van der Waals surface area contributed by atoms with Crippen LogP contribution in [0.25, 0.3) is 0 Å². The molecule has 0 saturated carbocycles. The van der Waals surface area contributed by atoms with Crippen molar-refractivity contribution in [3.63, 3.8) is 0 Å². The number of hydrogen-bond acceptors (Lipinski definition) is 3. The lowest BCUT2D eigenvalue weighted by Gasteiger charge is -2.13. The second-order valence-electron chi connectivity index (χ2n) is 5.43. The summed E-state index contributed by atoms with van der Waals surface area (Å²) in [7, 11) is 0. The number of nitrogens with one attached hydrogen (secondary N) is 1. The maximum atomic E-state index is 5.98. The van der Waals surface area contributed by atoms with Gasteiger partial charge in [0.2, 0.25) is 0 Å². The van der Waals surface area contributed by atoms with E-state index >= 15 is 0 Å². The van der Waals surface area contributed by atoms with Crippen molar-refractivity contribution in [3.05, 3.63) is 58.9 Å². The summed E-state index contributed by atoms with van der Waals surface area (Å²) in [6.45, 7) is 6.61. The number of nitrogens with zero attached hydrogens (tertiary/aromatic N) is 1. The molecule has 3 nitrogen and oxygen atoms in total. The molecule has 1 aromatic heterocycles. The summed E-state index contributed by atoms with van der Waals surface area (Å²) >= 11 is 5.98. The predicted molar refractivity (Wildman–Crippen MR) is 86.6 cm³/mol. The first kappa shape index (κ1) is 15.8. The minimum atomic E-state index is 0.502. The molecule has 0 aliphatic rings. The van der Waals surface area contributed by atoms with Crippen molar-refractivity contribution in [2.75, 3.05) is 6.54 Å². The lowest BCUT2D eigenvalue weighted by atomic mass is 10.2. The fourth-order valence-corrected chi connectivity index (χ4v) is 2.18. The zero-order chi connectivity index (χ0) is 15.1. The third-order valence-corrected chi connectivity index (χ3v) is 3.25. The summed E-state index contributed by atoms with van der Waals surface area (Å²) in [6.07, 6.45) is 3.60. The van der Waals surface area contributed by atoms with Crippen molar-refractivity contribution in [3.8, 4) is 5.75 Å². The van der Waals surface area contributed by atoms with Crippen LogP contribution >= 0.6 is 11.6 Å². The highest BCUT2D eigenvalue weighted by Crippen LogP contribution is 2.19. The van der Waals surface area contributed by atoms with Gasteiger partial charge >= 0.3 is 0 Å². The second kappa shape index (κ2) is 8.01. The molecule has 4 heteroatoms. The van der Waals surface area contributed by atoms with Gasteiger partial charge in [0.1, 0.15) is 12.4 Å². The van der Waals surface area contributed by atoms with Gasteiger partial charge in [-0.15, -0.1) is 0 Å². The molecule has 112 valence electrons. The number of pyridine rings is 1. The van der Waals surface area contributed by atoms with Gasteiger partial charge in [0, 0.05) is 29.5 Å². The van der Waals surface area contributed by atoms with Gasteiger partial charge in [-0.05, 0) is 36.2 Å². The van der Waals surface area contributed by atoms with Crippen LogP contribution in [0.5, 0.6) is 5.75 Å². The van der Waals surface area contributed by atoms with E-state index in [4.69, 9.17) is 16.3 Å². The SMILES string of the molecule is CC(C)CNCc1cnccc1OCc1cccc(Cl)c1. The summed E-state index contributed by atoms with van der Waals surface area (Å²) in [5.74, 6) is 1.48. The van der Waals surface area contributed by atoms with Crippen LogP contribution in [0.4, 0.5) is 0 Å². The Bertz CT molecular complexity index is 572. The molecule has 0 amide bonds. The highest BCUT2D eigenvalue weighted by atomic mass is 35.5. The number of hydrogen-bond donors (Lipinski definition) is 1. The van der Waals surface area contributed by atoms with Crippen LogP contribution in [0.1, 0.15) is 25.0 Å². The van der Waals surface area contributed by atoms with Crippen LogP contribution < -0.4 is 10.1 Å². The summed E-state index contributed by atoms with van der Waals surface area (Å²) in [5, 5.41) is 4.13. The molecule has 0 radical (unpaired) electrons. The van der Waals surface area contributed by atoms with Gasteiger partial charge < -0.3 is 10.1 Å². The third kappa shape index (κ3) is 5.37. The van der Waals surface area contributed by atoms with Crippen molar-refractivity contribution in [1.29, 1.82) is 0 Å². The Morgan fingerprint density at radius 2 is 2.14 bits per heavy atom. The van der Waals surface area contributed by atoms with Crippen molar-refractivity contribution in [1.82, 2.24) is 10.3 Å². The van der Waals surface area contributed by atoms with E-state index < -0.39 is 0 Å². The number of ether oxygens (including phenoxy) is 1. The van der Waals surface area contributed by atoms with Gasteiger partial charge in [-0.1, -0.05) is 37.6 Å². The Morgan fingerprint density at radius 1 is 1.29 bits per heavy atom. The summed E-state index contributed by atoms with van der Waals surface area (Å²) in [4.78, 5) is 4.17. The smallest absolute Gasteiger partial charge is 0.127 e. The van der Waals surface area contributed by atoms with E-state index in [0.29, 0.717) is 12.5 Å². The second-order valence-corrected chi connectivity index (χ2v) is 5.86. The number of rotatable bonds is 7. The Morgan fingerprint density at radius 3 is 2.90 bits per heavy atom. The molecule has 0 unspecified atom stereocenters. The zero-order valence-corrected chi connectivity index (χ0v) is 13.2. The van der Waals surface area contributed by atoms with Gasteiger partial charge in [-0.25, -0.2) is 0 Å². The lowest BCUT2D eigenvalue weighted by molar-refractivity contribution is 0.301. The molecule has 1 heterocycles. The molecule has 0 bridgehead atoms. The van der Waals surface area contributed by atoms with Gasteiger partial charge in [-0.2, -0.15) is 0 Å². The first-order chi connectivity index (χ1) is 10.1. The molecule has 1 N–H and O–H groups in total. The Labute approximate surface area is 131 Å². The van der Waals surface area contributed by atoms with Crippen LogP contribution in [0.3, 0.4) is 0 Å². The summed E-state index contributed by atoms with van der Waals surface area (Å²) in [6, 6.07) is 9.61. The molecule has 1 aromatic carbocycles. The average molecular weight is 305 g/mol. The van der Waals surface area contributed by atoms with E-state index in [-0.39, 0.29) is 0 Å². The van der Waals surface area contributed by atoms with Crippen molar-refractivity contribution in [2.45, 2.75) is 27.0 Å². The molecule has 0 spiro atoms. The number of benzene rings is 1. The van der Waals surface area contributed by atoms with Crippen molar-refractivity contribution >= 4 is 11.6 Å². The minimum absolute atomic E-state index is 0.502. The summed E-state index contributed by atoms with van der Waals surface area (Å²) < 4.78 is 5.90. The Hall–Kier alpha value is -1.58. The zero-order valence-electron chi connectivity index (χ0n) is 12.5. The molecule has 0 saturated heterocycles. The minimum Gasteiger partial charge on any atom is -0.488 e. The normalized spacial score (nSPS) is 10.9. The molecule has 21 heavy (non-hydrogen) atoms. The van der Waals surface area contributed by atoms with Crippen LogP contribution in [-0.2, 0) is 13.2 Å². The van der Waals surface area contributed by atoms with Gasteiger partial charge in [0.05, 0.1) is 0 Å². The van der Waals surface area contributed by atoms with Crippen molar-refractivity contribution in [2.24, 2.45) is 5.92 Å². The van der Waals surface area contributed by atoms with Crippen molar-refractivity contribution < 1.29 is 4.74 Å². The molecule has 0 aliphatic carbocycles. The standard InChI is InChI=1S/C17H21ClN2O/c1-13(2)9-20-11-15-10-19-7-6-17(15)21-12-14-4-3-5-16(18)8-14/h3-8,10,13,20H,9,11-12H2,1-2H3. The summed E-state index contributed by atoms with van der Waals surface area (Å²) in [5.41, 5.74) is 2.13. The van der Waals surface area contributed by atoms with E-state index in [0.717, 1.165) is 35.0 Å². The van der Waals surface area contributed by atoms with E-state index in [1.165, 1.54) is 0 Å².